The Hall–Kier alpha value is -2.58. The second kappa shape index (κ2) is 8.32. The number of benzene rings is 1. The molecule has 0 unspecified atom stereocenters. The third kappa shape index (κ3) is 4.24. The summed E-state index contributed by atoms with van der Waals surface area (Å²) in [5.74, 6) is 0.390. The van der Waals surface area contributed by atoms with E-state index in [0.29, 0.717) is 24.3 Å². The fourth-order valence-electron chi connectivity index (χ4n) is 2.69. The number of nitrogens with zero attached hydrogens (tertiary/aromatic N) is 2. The van der Waals surface area contributed by atoms with Crippen LogP contribution in [0.1, 0.15) is 36.2 Å². The summed E-state index contributed by atoms with van der Waals surface area (Å²) in [6, 6.07) is 12.3. The molecule has 5 nitrogen and oxygen atoms in total. The summed E-state index contributed by atoms with van der Waals surface area (Å²) in [6.45, 7) is 7.91. The van der Waals surface area contributed by atoms with Gasteiger partial charge in [0.1, 0.15) is 11.9 Å². The molecule has 1 aromatic carbocycles. The lowest BCUT2D eigenvalue weighted by atomic mass is 10.1. The Balaban J connectivity index is 2.17. The van der Waals surface area contributed by atoms with Crippen LogP contribution in [0.4, 0.5) is 5.82 Å². The molecule has 0 aliphatic carbocycles. The molecule has 24 heavy (non-hydrogen) atoms. The molecular formula is C19H24N4O. The quantitative estimate of drug-likeness (QED) is 0.822. The second-order valence-electron chi connectivity index (χ2n) is 5.76. The summed E-state index contributed by atoms with van der Waals surface area (Å²) in [4.78, 5) is 17.5. The number of likely N-dealkylation sites (N-methyl/N-ethyl adjacent to an activating group) is 1. The summed E-state index contributed by atoms with van der Waals surface area (Å²) in [6.07, 6.45) is 0.702. The van der Waals surface area contributed by atoms with E-state index in [9.17, 15) is 10.1 Å². The zero-order chi connectivity index (χ0) is 17.5. The highest BCUT2D eigenvalue weighted by molar-refractivity contribution is 5.93. The van der Waals surface area contributed by atoms with Crippen LogP contribution in [0, 0.1) is 18.3 Å². The van der Waals surface area contributed by atoms with Gasteiger partial charge in [0.05, 0.1) is 12.1 Å². The fourth-order valence-corrected chi connectivity index (χ4v) is 2.69. The first-order valence-electron chi connectivity index (χ1n) is 8.26. The van der Waals surface area contributed by atoms with E-state index >= 15 is 0 Å². The molecule has 0 radical (unpaired) electrons. The van der Waals surface area contributed by atoms with Crippen LogP contribution < -0.4 is 5.32 Å². The van der Waals surface area contributed by atoms with Crippen LogP contribution in [-0.2, 0) is 11.2 Å². The monoisotopic (exact) mass is 324 g/mol. The average molecular weight is 324 g/mol. The van der Waals surface area contributed by atoms with Gasteiger partial charge in [-0.1, -0.05) is 44.2 Å². The number of hydrogen-bond donors (Lipinski definition) is 2. The van der Waals surface area contributed by atoms with Crippen molar-refractivity contribution in [1.82, 2.24) is 9.88 Å². The van der Waals surface area contributed by atoms with Crippen molar-refractivity contribution in [3.8, 4) is 6.07 Å². The van der Waals surface area contributed by atoms with Crippen molar-refractivity contribution in [2.24, 2.45) is 0 Å². The minimum atomic E-state index is -0.109. The Kier molecular flexibility index (Phi) is 6.16. The van der Waals surface area contributed by atoms with Gasteiger partial charge in [-0.15, -0.1) is 0 Å². The minimum absolute atomic E-state index is 0.109. The maximum Gasteiger partial charge on any atom is 0.239 e. The number of anilines is 1. The summed E-state index contributed by atoms with van der Waals surface area (Å²) in [7, 11) is 0. The third-order valence-corrected chi connectivity index (χ3v) is 4.22. The van der Waals surface area contributed by atoms with Gasteiger partial charge in [0, 0.05) is 12.1 Å². The Labute approximate surface area is 143 Å². The summed E-state index contributed by atoms with van der Waals surface area (Å²) < 4.78 is 0. The van der Waals surface area contributed by atoms with E-state index in [4.69, 9.17) is 0 Å². The lowest BCUT2D eigenvalue weighted by molar-refractivity contribution is -0.117. The van der Waals surface area contributed by atoms with Crippen molar-refractivity contribution >= 4 is 11.7 Å². The van der Waals surface area contributed by atoms with E-state index in [1.54, 1.807) is 0 Å². The number of aromatic nitrogens is 1. The van der Waals surface area contributed by atoms with E-state index in [-0.39, 0.29) is 5.91 Å². The number of carbonyl (C=O) groups excluding carboxylic acids is 1. The first kappa shape index (κ1) is 17.8. The normalized spacial score (nSPS) is 10.6. The van der Waals surface area contributed by atoms with Crippen molar-refractivity contribution in [1.29, 1.82) is 5.26 Å². The number of rotatable bonds is 7. The number of amides is 1. The molecule has 2 rings (SSSR count). The molecule has 0 aliphatic heterocycles. The number of carbonyl (C=O) groups is 1. The molecule has 1 heterocycles. The van der Waals surface area contributed by atoms with Gasteiger partial charge in [0.15, 0.2) is 0 Å². The van der Waals surface area contributed by atoms with Gasteiger partial charge >= 0.3 is 0 Å². The largest absolute Gasteiger partial charge is 0.344 e. The predicted octanol–water partition coefficient (Wildman–Crippen LogP) is 3.07. The van der Waals surface area contributed by atoms with Crippen molar-refractivity contribution in [3.63, 3.8) is 0 Å². The SMILES string of the molecule is CCN(CC)CC(=O)Nc1[nH]c(Cc2ccccc2)c(C)c1C#N. The van der Waals surface area contributed by atoms with Crippen molar-refractivity contribution < 1.29 is 4.79 Å². The highest BCUT2D eigenvalue weighted by atomic mass is 16.2. The maximum atomic E-state index is 12.2. The summed E-state index contributed by atoms with van der Waals surface area (Å²) >= 11 is 0. The number of hydrogen-bond acceptors (Lipinski definition) is 3. The van der Waals surface area contributed by atoms with Gasteiger partial charge in [-0.2, -0.15) is 5.26 Å². The molecule has 0 atom stereocenters. The van der Waals surface area contributed by atoms with Gasteiger partial charge in [-0.25, -0.2) is 0 Å². The molecular weight excluding hydrogens is 300 g/mol. The number of aromatic amines is 1. The molecule has 0 bridgehead atoms. The minimum Gasteiger partial charge on any atom is -0.344 e. The van der Waals surface area contributed by atoms with Gasteiger partial charge in [0.25, 0.3) is 0 Å². The lowest BCUT2D eigenvalue weighted by Crippen LogP contribution is -2.33. The van der Waals surface area contributed by atoms with E-state index in [0.717, 1.165) is 29.9 Å². The van der Waals surface area contributed by atoms with Gasteiger partial charge in [-0.3, -0.25) is 9.69 Å². The molecule has 0 spiro atoms. The summed E-state index contributed by atoms with van der Waals surface area (Å²) in [5, 5.41) is 12.3. The molecule has 5 heteroatoms. The highest BCUT2D eigenvalue weighted by Crippen LogP contribution is 2.24. The van der Waals surface area contributed by atoms with Crippen LogP contribution >= 0.6 is 0 Å². The molecule has 0 fully saturated rings. The molecule has 2 N–H and O–H groups in total. The highest BCUT2D eigenvalue weighted by Gasteiger charge is 2.17. The van der Waals surface area contributed by atoms with E-state index in [1.807, 2.05) is 56.0 Å². The summed E-state index contributed by atoms with van der Waals surface area (Å²) in [5.41, 5.74) is 3.51. The Morgan fingerprint density at radius 2 is 1.92 bits per heavy atom. The first-order valence-corrected chi connectivity index (χ1v) is 8.26. The topological polar surface area (TPSA) is 71.9 Å². The molecule has 2 aromatic rings. The molecule has 126 valence electrons. The molecule has 0 saturated heterocycles. The standard InChI is InChI=1S/C19H24N4O/c1-4-23(5-2)13-18(24)22-19-16(12-20)14(3)17(21-19)11-15-9-7-6-8-10-15/h6-10,21H,4-5,11,13H2,1-3H3,(H,22,24). The first-order chi connectivity index (χ1) is 11.6. The van der Waals surface area contributed by atoms with Gasteiger partial charge < -0.3 is 10.3 Å². The molecule has 1 amide bonds. The number of nitriles is 1. The Bertz CT molecular complexity index is 724. The molecule has 0 saturated carbocycles. The van der Waals surface area contributed by atoms with Crippen LogP contribution in [0.5, 0.6) is 0 Å². The van der Waals surface area contributed by atoms with Crippen molar-refractivity contribution in [2.45, 2.75) is 27.2 Å². The van der Waals surface area contributed by atoms with E-state index in [1.165, 1.54) is 0 Å². The average Bonchev–Trinajstić information content (AvgIpc) is 2.88. The van der Waals surface area contributed by atoms with Crippen LogP contribution in [0.15, 0.2) is 30.3 Å². The smallest absolute Gasteiger partial charge is 0.239 e. The third-order valence-electron chi connectivity index (χ3n) is 4.22. The predicted molar refractivity (Wildman–Crippen MR) is 95.9 cm³/mol. The van der Waals surface area contributed by atoms with E-state index in [2.05, 4.69) is 16.4 Å². The van der Waals surface area contributed by atoms with E-state index < -0.39 is 0 Å². The number of H-pyrrole nitrogens is 1. The Morgan fingerprint density at radius 1 is 1.25 bits per heavy atom. The van der Waals surface area contributed by atoms with Crippen molar-refractivity contribution in [2.75, 3.05) is 25.0 Å². The number of nitrogens with one attached hydrogen (secondary N) is 2. The van der Waals surface area contributed by atoms with Crippen LogP contribution in [0.3, 0.4) is 0 Å². The van der Waals surface area contributed by atoms with Crippen LogP contribution in [0.2, 0.25) is 0 Å². The van der Waals surface area contributed by atoms with Crippen LogP contribution in [0.25, 0.3) is 0 Å². The second-order valence-corrected chi connectivity index (χ2v) is 5.76. The molecule has 0 aliphatic rings. The molecule has 1 aromatic heterocycles. The zero-order valence-corrected chi connectivity index (χ0v) is 14.5. The lowest BCUT2D eigenvalue weighted by Gasteiger charge is -2.16. The van der Waals surface area contributed by atoms with Gasteiger partial charge in [-0.05, 0) is 31.1 Å². The van der Waals surface area contributed by atoms with Crippen LogP contribution in [-0.4, -0.2) is 35.4 Å². The zero-order valence-electron chi connectivity index (χ0n) is 14.5. The fraction of sp³-hybridized carbons (Fsp3) is 0.368. The Morgan fingerprint density at radius 3 is 2.50 bits per heavy atom. The van der Waals surface area contributed by atoms with Crippen molar-refractivity contribution in [3.05, 3.63) is 52.7 Å². The maximum absolute atomic E-state index is 12.2. The van der Waals surface area contributed by atoms with Gasteiger partial charge in [0.2, 0.25) is 5.91 Å².